The molecule has 0 saturated carbocycles. The maximum atomic E-state index is 12.7. The van der Waals surface area contributed by atoms with Gasteiger partial charge in [-0.1, -0.05) is 0 Å². The molecule has 0 aliphatic carbocycles. The molecule has 0 bridgehead atoms. The molecule has 1 aromatic rings. The van der Waals surface area contributed by atoms with Crippen molar-refractivity contribution in [2.24, 2.45) is 0 Å². The second kappa shape index (κ2) is 7.76. The molecule has 2 rings (SSSR count). The summed E-state index contributed by atoms with van der Waals surface area (Å²) in [6.07, 6.45) is 1.69. The average Bonchev–Trinajstić information content (AvgIpc) is 3.09. The number of nitrogens with one attached hydrogen (secondary N) is 1. The van der Waals surface area contributed by atoms with Crippen molar-refractivity contribution in [1.29, 1.82) is 0 Å². The summed E-state index contributed by atoms with van der Waals surface area (Å²) in [5.74, 6) is -0.104. The van der Waals surface area contributed by atoms with Gasteiger partial charge in [-0.2, -0.15) is 4.31 Å². The number of amides is 1. The van der Waals surface area contributed by atoms with Crippen LogP contribution in [0.15, 0.2) is 23.1 Å². The molecule has 0 atom stereocenters. The minimum absolute atomic E-state index is 0.0290. The zero-order valence-electron chi connectivity index (χ0n) is 13.4. The van der Waals surface area contributed by atoms with Gasteiger partial charge in [0.25, 0.3) is 5.91 Å². The van der Waals surface area contributed by atoms with Crippen molar-refractivity contribution >= 4 is 15.9 Å². The zero-order valence-corrected chi connectivity index (χ0v) is 14.2. The van der Waals surface area contributed by atoms with E-state index in [4.69, 9.17) is 9.47 Å². The molecule has 1 aromatic carbocycles. The fourth-order valence-electron chi connectivity index (χ4n) is 2.46. The number of ether oxygens (including phenoxy) is 2. The van der Waals surface area contributed by atoms with Crippen LogP contribution in [-0.4, -0.2) is 59.1 Å². The highest BCUT2D eigenvalue weighted by Crippen LogP contribution is 2.29. The fraction of sp³-hybridized carbons (Fsp3) is 0.533. The Bertz CT molecular complexity index is 654. The first kappa shape index (κ1) is 17.7. The van der Waals surface area contributed by atoms with Gasteiger partial charge < -0.3 is 14.8 Å². The summed E-state index contributed by atoms with van der Waals surface area (Å²) in [7, 11) is -0.704. The van der Waals surface area contributed by atoms with Crippen molar-refractivity contribution in [2.75, 3.05) is 40.5 Å². The number of carbonyl (C=O) groups excluding carboxylic acids is 1. The fourth-order valence-corrected chi connectivity index (χ4v) is 4.15. The van der Waals surface area contributed by atoms with E-state index in [1.807, 2.05) is 0 Å². The lowest BCUT2D eigenvalue weighted by molar-refractivity contribution is 0.0937. The molecule has 23 heavy (non-hydrogen) atoms. The van der Waals surface area contributed by atoms with Crippen molar-refractivity contribution in [3.8, 4) is 5.75 Å². The van der Waals surface area contributed by atoms with E-state index in [1.165, 1.54) is 23.5 Å². The Kier molecular flexibility index (Phi) is 5.97. The molecule has 1 heterocycles. The van der Waals surface area contributed by atoms with Crippen LogP contribution in [0.4, 0.5) is 0 Å². The maximum absolute atomic E-state index is 12.7. The van der Waals surface area contributed by atoms with Crippen LogP contribution < -0.4 is 10.1 Å². The Morgan fingerprint density at radius 3 is 2.57 bits per heavy atom. The van der Waals surface area contributed by atoms with Gasteiger partial charge in [-0.3, -0.25) is 4.79 Å². The van der Waals surface area contributed by atoms with Gasteiger partial charge in [-0.15, -0.1) is 0 Å². The average molecular weight is 342 g/mol. The molecule has 1 N–H and O–H groups in total. The van der Waals surface area contributed by atoms with E-state index in [9.17, 15) is 13.2 Å². The Morgan fingerprint density at radius 2 is 1.96 bits per heavy atom. The van der Waals surface area contributed by atoms with Crippen LogP contribution in [0.25, 0.3) is 0 Å². The topological polar surface area (TPSA) is 84.9 Å². The second-order valence-corrected chi connectivity index (χ2v) is 7.13. The zero-order chi connectivity index (χ0) is 16.9. The van der Waals surface area contributed by atoms with Gasteiger partial charge in [-0.25, -0.2) is 8.42 Å². The molecule has 1 fully saturated rings. The van der Waals surface area contributed by atoms with Crippen LogP contribution in [0, 0.1) is 0 Å². The summed E-state index contributed by atoms with van der Waals surface area (Å²) >= 11 is 0. The molecule has 0 radical (unpaired) electrons. The first-order chi connectivity index (χ1) is 11.0. The van der Waals surface area contributed by atoms with Crippen LogP contribution in [0.5, 0.6) is 5.75 Å². The molecular formula is C15H22N2O5S. The van der Waals surface area contributed by atoms with Crippen LogP contribution >= 0.6 is 0 Å². The van der Waals surface area contributed by atoms with Crippen molar-refractivity contribution in [2.45, 2.75) is 17.7 Å². The molecule has 8 heteroatoms. The normalized spacial score (nSPS) is 15.6. The van der Waals surface area contributed by atoms with E-state index in [0.29, 0.717) is 26.2 Å². The number of hydrogen-bond donors (Lipinski definition) is 1. The first-order valence-corrected chi connectivity index (χ1v) is 8.90. The number of sulfonamides is 1. The van der Waals surface area contributed by atoms with E-state index in [-0.39, 0.29) is 22.1 Å². The summed E-state index contributed by atoms with van der Waals surface area (Å²) in [6.45, 7) is 1.74. The van der Waals surface area contributed by atoms with Gasteiger partial charge in [-0.05, 0) is 31.0 Å². The molecule has 1 aliphatic rings. The highest BCUT2D eigenvalue weighted by molar-refractivity contribution is 7.89. The maximum Gasteiger partial charge on any atom is 0.251 e. The van der Waals surface area contributed by atoms with Crippen molar-refractivity contribution in [3.05, 3.63) is 23.8 Å². The van der Waals surface area contributed by atoms with Gasteiger partial charge in [0.2, 0.25) is 10.0 Å². The van der Waals surface area contributed by atoms with Gasteiger partial charge in [0.15, 0.2) is 0 Å². The van der Waals surface area contributed by atoms with Crippen LogP contribution in [0.2, 0.25) is 0 Å². The van der Waals surface area contributed by atoms with Crippen LogP contribution in [0.1, 0.15) is 23.2 Å². The predicted molar refractivity (Wildman–Crippen MR) is 85.2 cm³/mol. The molecule has 1 aliphatic heterocycles. The van der Waals surface area contributed by atoms with Crippen LogP contribution in [0.3, 0.4) is 0 Å². The third-order valence-corrected chi connectivity index (χ3v) is 5.62. The molecule has 128 valence electrons. The Labute approximate surface area is 136 Å². The molecule has 1 amide bonds. The number of methoxy groups -OCH3 is 2. The van der Waals surface area contributed by atoms with E-state index >= 15 is 0 Å². The molecule has 0 spiro atoms. The van der Waals surface area contributed by atoms with E-state index in [2.05, 4.69) is 5.32 Å². The number of hydrogen-bond acceptors (Lipinski definition) is 5. The van der Waals surface area contributed by atoms with Gasteiger partial charge in [0.1, 0.15) is 10.6 Å². The number of benzene rings is 1. The van der Waals surface area contributed by atoms with E-state index in [0.717, 1.165) is 12.8 Å². The van der Waals surface area contributed by atoms with Crippen LogP contribution in [-0.2, 0) is 14.8 Å². The number of carbonyl (C=O) groups is 1. The molecule has 7 nitrogen and oxygen atoms in total. The van der Waals surface area contributed by atoms with Crippen molar-refractivity contribution in [1.82, 2.24) is 9.62 Å². The third-order valence-electron chi connectivity index (χ3n) is 3.70. The monoisotopic (exact) mass is 342 g/mol. The molecular weight excluding hydrogens is 320 g/mol. The molecule has 0 aromatic heterocycles. The summed E-state index contributed by atoms with van der Waals surface area (Å²) in [5.41, 5.74) is 0.277. The third kappa shape index (κ3) is 4.01. The van der Waals surface area contributed by atoms with Gasteiger partial charge in [0, 0.05) is 32.3 Å². The predicted octanol–water partition coefficient (Wildman–Crippen LogP) is 0.856. The molecule has 0 unspecified atom stereocenters. The Balaban J connectivity index is 2.30. The SMILES string of the molecule is COCCNC(=O)c1ccc(OC)c(S(=O)(=O)N2CCCC2)c1. The summed E-state index contributed by atoms with van der Waals surface area (Å²) in [6, 6.07) is 4.42. The lowest BCUT2D eigenvalue weighted by atomic mass is 10.2. The minimum Gasteiger partial charge on any atom is -0.495 e. The van der Waals surface area contributed by atoms with Gasteiger partial charge in [0.05, 0.1) is 13.7 Å². The lowest BCUT2D eigenvalue weighted by Gasteiger charge is -2.18. The highest BCUT2D eigenvalue weighted by Gasteiger charge is 2.30. The Morgan fingerprint density at radius 1 is 1.26 bits per heavy atom. The van der Waals surface area contributed by atoms with Crippen molar-refractivity contribution in [3.63, 3.8) is 0 Å². The second-order valence-electron chi connectivity index (χ2n) is 5.23. The smallest absolute Gasteiger partial charge is 0.251 e. The highest BCUT2D eigenvalue weighted by atomic mass is 32.2. The Hall–Kier alpha value is -1.64. The van der Waals surface area contributed by atoms with E-state index in [1.54, 1.807) is 13.2 Å². The quantitative estimate of drug-likeness (QED) is 0.743. The standard InChI is InChI=1S/C15H22N2O5S/c1-21-10-7-16-15(18)12-5-6-13(22-2)14(11-12)23(19,20)17-8-3-4-9-17/h5-6,11H,3-4,7-10H2,1-2H3,(H,16,18). The number of rotatable bonds is 7. The molecule has 1 saturated heterocycles. The first-order valence-electron chi connectivity index (χ1n) is 7.46. The summed E-state index contributed by atoms with van der Waals surface area (Å²) < 4.78 is 37.0. The van der Waals surface area contributed by atoms with Gasteiger partial charge >= 0.3 is 0 Å². The number of nitrogens with zero attached hydrogens (tertiary/aromatic N) is 1. The lowest BCUT2D eigenvalue weighted by Crippen LogP contribution is -2.29. The summed E-state index contributed by atoms with van der Waals surface area (Å²) in [5, 5.41) is 2.67. The minimum atomic E-state index is -3.66. The summed E-state index contributed by atoms with van der Waals surface area (Å²) in [4.78, 5) is 12.1. The largest absolute Gasteiger partial charge is 0.495 e. The van der Waals surface area contributed by atoms with Crippen molar-refractivity contribution < 1.29 is 22.7 Å². The van der Waals surface area contributed by atoms with E-state index < -0.39 is 10.0 Å².